The molecule has 6 N–H and O–H groups in total. The van der Waals surface area contributed by atoms with Gasteiger partial charge in [0.05, 0.1) is 5.56 Å². The second kappa shape index (κ2) is 4.62. The van der Waals surface area contributed by atoms with Gasteiger partial charge in [-0.3, -0.25) is 20.3 Å². The number of aromatic nitrogens is 1. The molecule has 1 aromatic heterocycles. The monoisotopic (exact) mass is 274 g/mol. The van der Waals surface area contributed by atoms with Gasteiger partial charge in [-0.15, -0.1) is 0 Å². The molecule has 0 aliphatic carbocycles. The number of nitrogen functional groups attached to an aromatic ring is 1. The fourth-order valence-corrected chi connectivity index (χ4v) is 2.76. The third-order valence-corrected chi connectivity index (χ3v) is 3.60. The number of hydrogen-bond donors (Lipinski definition) is 5. The molecule has 104 valence electrons. The highest BCUT2D eigenvalue weighted by Crippen LogP contribution is 2.32. The largest absolute Gasteiger partial charge is 0.480 e. The van der Waals surface area contributed by atoms with Crippen LogP contribution in [0.15, 0.2) is 18.2 Å². The number of carboxylic acids is 1. The molecule has 3 rings (SSSR count). The number of carboxylic acid groups (broad SMARTS) is 1. The molecule has 0 saturated heterocycles. The summed E-state index contributed by atoms with van der Waals surface area (Å²) in [4.78, 5) is 26.2. The molecule has 7 nitrogen and oxygen atoms in total. The summed E-state index contributed by atoms with van der Waals surface area (Å²) in [6.45, 7) is 0.551. The number of nitrogens with one attached hydrogen (secondary N) is 3. The van der Waals surface area contributed by atoms with Crippen LogP contribution < -0.4 is 16.6 Å². The molecule has 1 aliphatic rings. The number of rotatable bonds is 2. The lowest BCUT2D eigenvalue weighted by molar-refractivity contribution is -0.139. The van der Waals surface area contributed by atoms with E-state index in [0.29, 0.717) is 24.2 Å². The van der Waals surface area contributed by atoms with E-state index in [9.17, 15) is 14.7 Å². The Morgan fingerprint density at radius 1 is 1.40 bits per heavy atom. The van der Waals surface area contributed by atoms with Crippen molar-refractivity contribution < 1.29 is 14.7 Å². The molecule has 1 aromatic carbocycles. The summed E-state index contributed by atoms with van der Waals surface area (Å²) < 4.78 is 0. The van der Waals surface area contributed by atoms with Gasteiger partial charge in [0.1, 0.15) is 6.04 Å². The van der Waals surface area contributed by atoms with Gasteiger partial charge in [-0.1, -0.05) is 6.07 Å². The van der Waals surface area contributed by atoms with Crippen LogP contribution in [0.5, 0.6) is 0 Å². The zero-order chi connectivity index (χ0) is 14.3. The fraction of sp³-hybridized carbons (Fsp3) is 0.231. The van der Waals surface area contributed by atoms with Gasteiger partial charge in [-0.2, -0.15) is 0 Å². The summed E-state index contributed by atoms with van der Waals surface area (Å²) in [6, 6.07) is 4.45. The van der Waals surface area contributed by atoms with Gasteiger partial charge in [0, 0.05) is 23.1 Å². The van der Waals surface area contributed by atoms with Gasteiger partial charge < -0.3 is 10.1 Å². The molecule has 0 fully saturated rings. The Labute approximate surface area is 114 Å². The molecule has 20 heavy (non-hydrogen) atoms. The smallest absolute Gasteiger partial charge is 0.326 e. The van der Waals surface area contributed by atoms with Crippen molar-refractivity contribution in [1.29, 1.82) is 0 Å². The van der Waals surface area contributed by atoms with E-state index in [1.54, 1.807) is 12.1 Å². The Kier molecular flexibility index (Phi) is 2.92. The highest BCUT2D eigenvalue weighted by molar-refractivity contribution is 6.08. The second-order valence-corrected chi connectivity index (χ2v) is 4.69. The topological polar surface area (TPSA) is 120 Å². The third-order valence-electron chi connectivity index (χ3n) is 3.60. The Bertz CT molecular complexity index is 707. The van der Waals surface area contributed by atoms with E-state index in [0.717, 1.165) is 16.5 Å². The van der Waals surface area contributed by atoms with Gasteiger partial charge in [0.2, 0.25) is 0 Å². The molecule has 1 aliphatic heterocycles. The van der Waals surface area contributed by atoms with Crippen LogP contribution >= 0.6 is 0 Å². The van der Waals surface area contributed by atoms with Crippen molar-refractivity contribution >= 4 is 22.8 Å². The van der Waals surface area contributed by atoms with Crippen molar-refractivity contribution in [3.8, 4) is 0 Å². The molecule has 2 aromatic rings. The van der Waals surface area contributed by atoms with Gasteiger partial charge in [-0.25, -0.2) is 5.84 Å². The average molecular weight is 274 g/mol. The Balaban J connectivity index is 2.27. The molecule has 1 unspecified atom stereocenters. The number of hydrazine groups is 1. The van der Waals surface area contributed by atoms with Crippen molar-refractivity contribution in [2.45, 2.75) is 12.5 Å². The number of aromatic amines is 1. The fourth-order valence-electron chi connectivity index (χ4n) is 2.76. The van der Waals surface area contributed by atoms with Crippen molar-refractivity contribution in [2.75, 3.05) is 6.54 Å². The maximum atomic E-state index is 11.8. The van der Waals surface area contributed by atoms with E-state index in [-0.39, 0.29) is 5.91 Å². The minimum Gasteiger partial charge on any atom is -0.480 e. The molecule has 0 bridgehead atoms. The molecular weight excluding hydrogens is 260 g/mol. The van der Waals surface area contributed by atoms with Crippen LogP contribution in [-0.2, 0) is 11.2 Å². The Morgan fingerprint density at radius 2 is 2.20 bits per heavy atom. The summed E-state index contributed by atoms with van der Waals surface area (Å²) in [7, 11) is 0. The summed E-state index contributed by atoms with van der Waals surface area (Å²) in [5.41, 5.74) is 4.79. The van der Waals surface area contributed by atoms with E-state index in [4.69, 9.17) is 5.84 Å². The minimum absolute atomic E-state index is 0.386. The maximum absolute atomic E-state index is 11.8. The predicted octanol–water partition coefficient (Wildman–Crippen LogP) is 0.0428. The van der Waals surface area contributed by atoms with E-state index in [1.807, 2.05) is 6.07 Å². The SMILES string of the molecule is NNC(=O)c1cccc2[nH]c3c(c12)CCNC3C(=O)O. The number of nitrogens with two attached hydrogens (primary N) is 1. The van der Waals surface area contributed by atoms with E-state index >= 15 is 0 Å². The lowest BCUT2D eigenvalue weighted by Gasteiger charge is -2.20. The standard InChI is InChI=1S/C13H14N4O3/c14-17-12(18)7-2-1-3-8-9(7)6-4-5-15-11(13(19)20)10(6)16-8/h1-3,11,15-16H,4-5,14H2,(H,17,18)(H,19,20). The van der Waals surface area contributed by atoms with Crippen LogP contribution in [0.2, 0.25) is 0 Å². The highest BCUT2D eigenvalue weighted by atomic mass is 16.4. The van der Waals surface area contributed by atoms with Crippen LogP contribution in [0, 0.1) is 0 Å². The van der Waals surface area contributed by atoms with Crippen molar-refractivity contribution in [2.24, 2.45) is 5.84 Å². The lowest BCUT2D eigenvalue weighted by Crippen LogP contribution is -2.35. The number of aliphatic carboxylic acids is 1. The third kappa shape index (κ3) is 1.75. The summed E-state index contributed by atoms with van der Waals surface area (Å²) in [5, 5.41) is 12.9. The number of fused-ring (bicyclic) bond motifs is 3. The first-order valence-corrected chi connectivity index (χ1v) is 6.24. The van der Waals surface area contributed by atoms with E-state index < -0.39 is 12.0 Å². The zero-order valence-electron chi connectivity index (χ0n) is 10.6. The van der Waals surface area contributed by atoms with Crippen LogP contribution in [0.4, 0.5) is 0 Å². The maximum Gasteiger partial charge on any atom is 0.326 e. The van der Waals surface area contributed by atoms with Gasteiger partial charge in [0.25, 0.3) is 5.91 Å². The lowest BCUT2D eigenvalue weighted by atomic mass is 9.96. The van der Waals surface area contributed by atoms with Crippen molar-refractivity contribution in [1.82, 2.24) is 15.7 Å². The second-order valence-electron chi connectivity index (χ2n) is 4.69. The highest BCUT2D eigenvalue weighted by Gasteiger charge is 2.30. The number of carbonyl (C=O) groups excluding carboxylic acids is 1. The first-order valence-electron chi connectivity index (χ1n) is 6.24. The summed E-state index contributed by atoms with van der Waals surface area (Å²) in [5.74, 6) is 3.87. The average Bonchev–Trinajstić information content (AvgIpc) is 2.84. The molecule has 0 spiro atoms. The molecular formula is C13H14N4O3. The van der Waals surface area contributed by atoms with E-state index in [2.05, 4.69) is 15.7 Å². The summed E-state index contributed by atoms with van der Waals surface area (Å²) in [6.07, 6.45) is 0.661. The number of carbonyl (C=O) groups is 2. The van der Waals surface area contributed by atoms with Crippen molar-refractivity contribution in [3.63, 3.8) is 0 Å². The summed E-state index contributed by atoms with van der Waals surface area (Å²) >= 11 is 0. The normalized spacial score (nSPS) is 17.8. The number of hydrogen-bond acceptors (Lipinski definition) is 4. The minimum atomic E-state index is -0.942. The van der Waals surface area contributed by atoms with Gasteiger partial charge in [-0.05, 0) is 24.1 Å². The van der Waals surface area contributed by atoms with Gasteiger partial charge >= 0.3 is 5.97 Å². The molecule has 1 atom stereocenters. The van der Waals surface area contributed by atoms with Crippen LogP contribution in [0.25, 0.3) is 10.9 Å². The molecule has 0 saturated carbocycles. The van der Waals surface area contributed by atoms with Crippen molar-refractivity contribution in [3.05, 3.63) is 35.0 Å². The quantitative estimate of drug-likeness (QED) is 0.301. The number of benzene rings is 1. The molecule has 0 radical (unpaired) electrons. The molecule has 7 heteroatoms. The zero-order valence-corrected chi connectivity index (χ0v) is 10.6. The predicted molar refractivity (Wildman–Crippen MR) is 72.0 cm³/mol. The van der Waals surface area contributed by atoms with Crippen LogP contribution in [0.3, 0.4) is 0 Å². The Morgan fingerprint density at radius 3 is 2.90 bits per heavy atom. The molecule has 1 amide bonds. The van der Waals surface area contributed by atoms with Gasteiger partial charge in [0.15, 0.2) is 0 Å². The van der Waals surface area contributed by atoms with E-state index in [1.165, 1.54) is 0 Å². The first-order chi connectivity index (χ1) is 9.63. The molecule has 2 heterocycles. The van der Waals surface area contributed by atoms with Crippen LogP contribution in [0.1, 0.15) is 27.7 Å². The number of amides is 1. The van der Waals surface area contributed by atoms with Crippen LogP contribution in [-0.4, -0.2) is 28.5 Å². The first kappa shape index (κ1) is 12.6. The Hall–Kier alpha value is -2.38. The number of H-pyrrole nitrogens is 1.